The molecule has 0 radical (unpaired) electrons. The maximum atomic E-state index is 11.3. The van der Waals surface area contributed by atoms with Gasteiger partial charge in [-0.15, -0.1) is 0 Å². The van der Waals surface area contributed by atoms with Gasteiger partial charge in [0.25, 0.3) is 0 Å². The Hall–Kier alpha value is -2.05. The summed E-state index contributed by atoms with van der Waals surface area (Å²) in [5.41, 5.74) is 0. The molecule has 0 aliphatic heterocycles. The maximum absolute atomic E-state index is 11.3. The Morgan fingerprint density at radius 3 is 2.61 bits per heavy atom. The van der Waals surface area contributed by atoms with Gasteiger partial charge in [0.15, 0.2) is 0 Å². The normalized spacial score (nSPS) is 10.0. The Morgan fingerprint density at radius 2 is 2.00 bits per heavy atom. The third-order valence-corrected chi connectivity index (χ3v) is 2.28. The van der Waals surface area contributed by atoms with Gasteiger partial charge in [-0.1, -0.05) is 0 Å². The third kappa shape index (κ3) is 6.51. The first-order valence-electron chi connectivity index (χ1n) is 5.90. The minimum Gasteiger partial charge on any atom is -0.481 e. The molecule has 0 saturated heterocycles. The first-order chi connectivity index (χ1) is 8.68. The van der Waals surface area contributed by atoms with Gasteiger partial charge in [0.2, 0.25) is 0 Å². The molecule has 7 heteroatoms. The molecule has 1 aromatic rings. The van der Waals surface area contributed by atoms with Crippen molar-refractivity contribution in [1.82, 2.24) is 20.6 Å². The van der Waals surface area contributed by atoms with Crippen LogP contribution in [0.25, 0.3) is 0 Å². The number of carboxylic acid groups (broad SMARTS) is 1. The number of aryl methyl sites for hydroxylation is 1. The summed E-state index contributed by atoms with van der Waals surface area (Å²) in [5.74, 6) is 0.0503. The number of nitrogens with zero attached hydrogens (tertiary/aromatic N) is 1. The van der Waals surface area contributed by atoms with Crippen LogP contribution in [0, 0.1) is 0 Å². The van der Waals surface area contributed by atoms with Gasteiger partial charge in [-0.2, -0.15) is 0 Å². The highest BCUT2D eigenvalue weighted by molar-refractivity contribution is 5.73. The number of aliphatic carboxylic acids is 1. The van der Waals surface area contributed by atoms with E-state index in [1.165, 1.54) is 0 Å². The summed E-state index contributed by atoms with van der Waals surface area (Å²) in [6, 6.07) is -0.264. The number of hydrogen-bond acceptors (Lipinski definition) is 3. The largest absolute Gasteiger partial charge is 0.481 e. The molecule has 1 heterocycles. The number of nitrogens with one attached hydrogen (secondary N) is 3. The van der Waals surface area contributed by atoms with E-state index in [0.29, 0.717) is 19.5 Å². The molecule has 0 aromatic carbocycles. The highest BCUT2D eigenvalue weighted by Crippen LogP contribution is 1.93. The zero-order valence-electron chi connectivity index (χ0n) is 10.1. The molecular formula is C11H18N4O3. The monoisotopic (exact) mass is 254 g/mol. The lowest BCUT2D eigenvalue weighted by Crippen LogP contribution is -2.36. The van der Waals surface area contributed by atoms with E-state index in [4.69, 9.17) is 5.11 Å². The molecule has 0 aliphatic rings. The Balaban J connectivity index is 1.95. The van der Waals surface area contributed by atoms with Crippen molar-refractivity contribution in [3.8, 4) is 0 Å². The van der Waals surface area contributed by atoms with Gasteiger partial charge < -0.3 is 20.7 Å². The molecular weight excluding hydrogens is 236 g/mol. The van der Waals surface area contributed by atoms with Gasteiger partial charge in [-0.05, 0) is 12.8 Å². The van der Waals surface area contributed by atoms with Gasteiger partial charge in [0, 0.05) is 38.3 Å². The van der Waals surface area contributed by atoms with Crippen molar-refractivity contribution < 1.29 is 14.7 Å². The average molecular weight is 254 g/mol. The summed E-state index contributed by atoms with van der Waals surface area (Å²) in [5, 5.41) is 13.7. The molecule has 18 heavy (non-hydrogen) atoms. The molecule has 0 atom stereocenters. The van der Waals surface area contributed by atoms with Crippen LogP contribution in [-0.2, 0) is 11.2 Å². The van der Waals surface area contributed by atoms with Crippen LogP contribution in [0.5, 0.6) is 0 Å². The van der Waals surface area contributed by atoms with Crippen LogP contribution in [0.3, 0.4) is 0 Å². The number of aromatic nitrogens is 2. The van der Waals surface area contributed by atoms with E-state index in [1.807, 2.05) is 0 Å². The minimum absolute atomic E-state index is 0.0682. The number of carboxylic acids is 1. The highest BCUT2D eigenvalue weighted by Gasteiger charge is 2.01. The summed E-state index contributed by atoms with van der Waals surface area (Å²) >= 11 is 0. The lowest BCUT2D eigenvalue weighted by molar-refractivity contribution is -0.137. The maximum Gasteiger partial charge on any atom is 0.314 e. The first kappa shape index (κ1) is 14.0. The van der Waals surface area contributed by atoms with Crippen LogP contribution < -0.4 is 10.6 Å². The second-order valence-corrected chi connectivity index (χ2v) is 3.82. The van der Waals surface area contributed by atoms with E-state index in [9.17, 15) is 9.59 Å². The van der Waals surface area contributed by atoms with E-state index in [2.05, 4.69) is 20.6 Å². The van der Waals surface area contributed by atoms with Gasteiger partial charge in [0.05, 0.1) is 0 Å². The van der Waals surface area contributed by atoms with E-state index < -0.39 is 5.97 Å². The third-order valence-electron chi connectivity index (χ3n) is 2.28. The second kappa shape index (κ2) is 8.10. The van der Waals surface area contributed by atoms with Gasteiger partial charge in [-0.3, -0.25) is 4.79 Å². The number of carbonyl (C=O) groups excluding carboxylic acids is 1. The molecule has 0 fully saturated rings. The van der Waals surface area contributed by atoms with Crippen LogP contribution in [0.2, 0.25) is 0 Å². The molecule has 0 saturated carbocycles. The fourth-order valence-electron chi connectivity index (χ4n) is 1.40. The summed E-state index contributed by atoms with van der Waals surface area (Å²) in [4.78, 5) is 28.5. The summed E-state index contributed by atoms with van der Waals surface area (Å²) < 4.78 is 0. The zero-order valence-corrected chi connectivity index (χ0v) is 10.1. The van der Waals surface area contributed by atoms with E-state index >= 15 is 0 Å². The van der Waals surface area contributed by atoms with Crippen molar-refractivity contribution in [3.63, 3.8) is 0 Å². The Bertz CT molecular complexity index is 364. The minimum atomic E-state index is -0.851. The van der Waals surface area contributed by atoms with Crippen molar-refractivity contribution >= 4 is 12.0 Å². The summed E-state index contributed by atoms with van der Waals surface area (Å²) in [7, 11) is 0. The first-order valence-corrected chi connectivity index (χ1v) is 5.90. The van der Waals surface area contributed by atoms with Crippen molar-refractivity contribution in [2.45, 2.75) is 25.7 Å². The Kier molecular flexibility index (Phi) is 6.31. The van der Waals surface area contributed by atoms with Crippen molar-refractivity contribution in [2.75, 3.05) is 13.1 Å². The van der Waals surface area contributed by atoms with Crippen LogP contribution in [0.1, 0.15) is 25.1 Å². The number of H-pyrrole nitrogens is 1. The van der Waals surface area contributed by atoms with Crippen molar-refractivity contribution in [3.05, 3.63) is 18.2 Å². The summed E-state index contributed by atoms with van der Waals surface area (Å²) in [6.07, 6.45) is 5.55. The quantitative estimate of drug-likeness (QED) is 0.507. The predicted octanol–water partition coefficient (Wildman–Crippen LogP) is 0.506. The van der Waals surface area contributed by atoms with Gasteiger partial charge in [-0.25, -0.2) is 9.78 Å². The molecule has 7 nitrogen and oxygen atoms in total. The molecule has 100 valence electrons. The average Bonchev–Trinajstić information content (AvgIpc) is 2.83. The van der Waals surface area contributed by atoms with E-state index in [0.717, 1.165) is 18.7 Å². The number of hydrogen-bond donors (Lipinski definition) is 4. The number of carbonyl (C=O) groups is 2. The predicted molar refractivity (Wildman–Crippen MR) is 65.2 cm³/mol. The smallest absolute Gasteiger partial charge is 0.314 e. The highest BCUT2D eigenvalue weighted by atomic mass is 16.4. The fraction of sp³-hybridized carbons (Fsp3) is 0.545. The zero-order chi connectivity index (χ0) is 13.2. The lowest BCUT2D eigenvalue weighted by atomic mass is 10.3. The number of amides is 2. The topological polar surface area (TPSA) is 107 Å². The molecule has 0 bridgehead atoms. The molecule has 4 N–H and O–H groups in total. The SMILES string of the molecule is O=C(O)CCCNC(=O)NCCCc1ncc[nH]1. The second-order valence-electron chi connectivity index (χ2n) is 3.82. The van der Waals surface area contributed by atoms with Crippen LogP contribution >= 0.6 is 0 Å². The van der Waals surface area contributed by atoms with Crippen molar-refractivity contribution in [1.29, 1.82) is 0 Å². The standard InChI is InChI=1S/C11H18N4O3/c16-10(17)4-2-6-15-11(18)14-5-1-3-9-12-7-8-13-9/h7-8H,1-6H2,(H,12,13)(H,16,17)(H2,14,15,18). The molecule has 0 spiro atoms. The van der Waals surface area contributed by atoms with E-state index in [1.54, 1.807) is 12.4 Å². The molecule has 1 rings (SSSR count). The number of aromatic amines is 1. The Morgan fingerprint density at radius 1 is 1.28 bits per heavy atom. The van der Waals surface area contributed by atoms with Gasteiger partial charge >= 0.3 is 12.0 Å². The van der Waals surface area contributed by atoms with Gasteiger partial charge in [0.1, 0.15) is 5.82 Å². The van der Waals surface area contributed by atoms with Crippen molar-refractivity contribution in [2.24, 2.45) is 0 Å². The summed E-state index contributed by atoms with van der Waals surface area (Å²) in [6.45, 7) is 0.932. The fourth-order valence-corrected chi connectivity index (χ4v) is 1.40. The number of rotatable bonds is 8. The molecule has 0 aliphatic carbocycles. The number of imidazole rings is 1. The lowest BCUT2D eigenvalue weighted by Gasteiger charge is -2.06. The Labute approximate surface area is 105 Å². The van der Waals surface area contributed by atoms with Crippen LogP contribution in [0.4, 0.5) is 4.79 Å². The van der Waals surface area contributed by atoms with Crippen LogP contribution in [0.15, 0.2) is 12.4 Å². The molecule has 2 amide bonds. The number of urea groups is 1. The van der Waals surface area contributed by atoms with E-state index in [-0.39, 0.29) is 12.5 Å². The molecule has 0 unspecified atom stereocenters. The van der Waals surface area contributed by atoms with Crippen LogP contribution in [-0.4, -0.2) is 40.2 Å². The molecule has 1 aromatic heterocycles.